The van der Waals surface area contributed by atoms with Gasteiger partial charge in [-0.3, -0.25) is 14.5 Å². The lowest BCUT2D eigenvalue weighted by molar-refractivity contribution is -0.133. The fourth-order valence-corrected chi connectivity index (χ4v) is 4.60. The first-order valence-electron chi connectivity index (χ1n) is 11.9. The number of benzene rings is 3. The van der Waals surface area contributed by atoms with E-state index in [1.807, 2.05) is 60.7 Å². The Labute approximate surface area is 209 Å². The number of nitrogens with zero attached hydrogens (tertiary/aromatic N) is 1. The molecule has 184 valence electrons. The number of rotatable bonds is 7. The number of imide groups is 1. The lowest BCUT2D eigenvalue weighted by Gasteiger charge is -2.27. The minimum absolute atomic E-state index is 0.313. The highest BCUT2D eigenvalue weighted by molar-refractivity contribution is 6.10. The van der Waals surface area contributed by atoms with Gasteiger partial charge >= 0.3 is 6.03 Å². The van der Waals surface area contributed by atoms with E-state index in [4.69, 9.17) is 9.47 Å². The average Bonchev–Trinajstić information content (AvgIpc) is 3.02. The summed E-state index contributed by atoms with van der Waals surface area (Å²) in [6.07, 6.45) is 1.40. The maximum atomic E-state index is 13.7. The molecule has 8 nitrogen and oxygen atoms in total. The third-order valence-electron chi connectivity index (χ3n) is 6.28. The van der Waals surface area contributed by atoms with Gasteiger partial charge in [-0.1, -0.05) is 60.7 Å². The highest BCUT2D eigenvalue weighted by Gasteiger charge is 2.51. The number of hydrogen-bond donors (Lipinski definition) is 2. The second kappa shape index (κ2) is 10.1. The number of anilines is 1. The van der Waals surface area contributed by atoms with E-state index in [1.165, 1.54) is 0 Å². The Morgan fingerprint density at radius 1 is 0.861 bits per heavy atom. The first-order chi connectivity index (χ1) is 17.5. The van der Waals surface area contributed by atoms with Crippen LogP contribution in [0.3, 0.4) is 0 Å². The highest BCUT2D eigenvalue weighted by atomic mass is 16.5. The topological polar surface area (TPSA) is 97.0 Å². The number of hydrogen-bond acceptors (Lipinski definition) is 5. The molecule has 0 atom stereocenters. The summed E-state index contributed by atoms with van der Waals surface area (Å²) in [5.41, 5.74) is 1.15. The van der Waals surface area contributed by atoms with Crippen molar-refractivity contribution in [1.82, 2.24) is 10.2 Å². The summed E-state index contributed by atoms with van der Waals surface area (Å²) in [6.45, 7) is 0.695. The van der Waals surface area contributed by atoms with Crippen LogP contribution in [0.25, 0.3) is 0 Å². The lowest BCUT2D eigenvalue weighted by atomic mass is 9.84. The molecule has 2 heterocycles. The normalized spacial score (nSPS) is 16.3. The molecular weight excluding hydrogens is 458 g/mol. The number of nitrogens with one attached hydrogen (secondary N) is 2. The van der Waals surface area contributed by atoms with Crippen molar-refractivity contribution in [1.29, 1.82) is 0 Å². The summed E-state index contributed by atoms with van der Waals surface area (Å²) in [6, 6.07) is 23.6. The average molecular weight is 486 g/mol. The molecule has 0 spiro atoms. The molecule has 3 aromatic rings. The van der Waals surface area contributed by atoms with Gasteiger partial charge in [0.2, 0.25) is 5.91 Å². The van der Waals surface area contributed by atoms with E-state index < -0.39 is 29.9 Å². The lowest BCUT2D eigenvalue weighted by Crippen LogP contribution is -2.51. The summed E-state index contributed by atoms with van der Waals surface area (Å²) in [4.78, 5) is 40.5. The van der Waals surface area contributed by atoms with Crippen molar-refractivity contribution in [2.45, 2.75) is 24.8 Å². The van der Waals surface area contributed by atoms with Crippen molar-refractivity contribution in [2.75, 3.05) is 25.1 Å². The molecule has 0 radical (unpaired) electrons. The maximum Gasteiger partial charge on any atom is 0.325 e. The number of ether oxygens (including phenoxy) is 2. The first-order valence-corrected chi connectivity index (χ1v) is 11.9. The van der Waals surface area contributed by atoms with Crippen LogP contribution in [-0.2, 0) is 22.4 Å². The third kappa shape index (κ3) is 5.02. The van der Waals surface area contributed by atoms with Crippen LogP contribution in [0.2, 0.25) is 0 Å². The Morgan fingerprint density at radius 2 is 1.47 bits per heavy atom. The van der Waals surface area contributed by atoms with Gasteiger partial charge in [-0.25, -0.2) is 4.79 Å². The molecule has 3 aromatic carbocycles. The van der Waals surface area contributed by atoms with Gasteiger partial charge in [-0.15, -0.1) is 0 Å². The van der Waals surface area contributed by atoms with Gasteiger partial charge in [0.25, 0.3) is 5.91 Å². The van der Waals surface area contributed by atoms with Crippen molar-refractivity contribution >= 4 is 23.5 Å². The molecule has 2 aliphatic rings. The second-order valence-electron chi connectivity index (χ2n) is 8.99. The molecule has 2 N–H and O–H groups in total. The van der Waals surface area contributed by atoms with Gasteiger partial charge in [0.15, 0.2) is 11.5 Å². The standard InChI is InChI=1S/C28H27N3O5/c32-25(29-22-12-13-23-24(16-22)36-15-7-14-35-23)19-31-26(33)28(30-27(31)34,17-20-8-3-1-4-9-20)18-21-10-5-2-6-11-21/h1-6,8-13,16H,7,14-15,17-19H2,(H,29,32)(H,30,34). The van der Waals surface area contributed by atoms with Crippen LogP contribution in [0.5, 0.6) is 11.5 Å². The van der Waals surface area contributed by atoms with Crippen LogP contribution < -0.4 is 20.1 Å². The van der Waals surface area contributed by atoms with Gasteiger partial charge in [0.05, 0.1) is 13.2 Å². The van der Waals surface area contributed by atoms with Gasteiger partial charge in [-0.05, 0) is 23.3 Å². The largest absolute Gasteiger partial charge is 0.490 e. The first kappa shape index (κ1) is 23.4. The molecule has 0 aliphatic carbocycles. The second-order valence-corrected chi connectivity index (χ2v) is 8.99. The van der Waals surface area contributed by atoms with E-state index >= 15 is 0 Å². The van der Waals surface area contributed by atoms with Gasteiger partial charge in [0, 0.05) is 31.0 Å². The van der Waals surface area contributed by atoms with E-state index in [1.54, 1.807) is 18.2 Å². The summed E-state index contributed by atoms with van der Waals surface area (Å²) >= 11 is 0. The van der Waals surface area contributed by atoms with Crippen molar-refractivity contribution in [3.05, 3.63) is 90.0 Å². The summed E-state index contributed by atoms with van der Waals surface area (Å²) < 4.78 is 11.3. The molecule has 1 saturated heterocycles. The van der Waals surface area contributed by atoms with Crippen molar-refractivity contribution < 1.29 is 23.9 Å². The number of carbonyl (C=O) groups is 3. The quantitative estimate of drug-likeness (QED) is 0.499. The molecular formula is C28H27N3O5. The molecule has 0 aromatic heterocycles. The minimum Gasteiger partial charge on any atom is -0.490 e. The molecule has 1 fully saturated rings. The molecule has 36 heavy (non-hydrogen) atoms. The van der Waals surface area contributed by atoms with Crippen LogP contribution in [0.4, 0.5) is 10.5 Å². The molecule has 0 saturated carbocycles. The number of carbonyl (C=O) groups excluding carboxylic acids is 3. The Balaban J connectivity index is 1.33. The van der Waals surface area contributed by atoms with Crippen LogP contribution >= 0.6 is 0 Å². The zero-order chi connectivity index (χ0) is 25.0. The molecule has 8 heteroatoms. The fraction of sp³-hybridized carbons (Fsp3) is 0.250. The zero-order valence-corrected chi connectivity index (χ0v) is 19.7. The van der Waals surface area contributed by atoms with E-state index in [0.29, 0.717) is 43.2 Å². The fourth-order valence-electron chi connectivity index (χ4n) is 4.60. The van der Waals surface area contributed by atoms with Crippen molar-refractivity contribution in [3.63, 3.8) is 0 Å². The third-order valence-corrected chi connectivity index (χ3v) is 6.28. The Morgan fingerprint density at radius 3 is 2.11 bits per heavy atom. The van der Waals surface area contributed by atoms with Crippen LogP contribution in [0.1, 0.15) is 17.5 Å². The zero-order valence-electron chi connectivity index (χ0n) is 19.7. The molecule has 0 unspecified atom stereocenters. The Hall–Kier alpha value is -4.33. The summed E-state index contributed by atoms with van der Waals surface area (Å²) in [5.74, 6) is 0.258. The minimum atomic E-state index is -1.19. The van der Waals surface area contributed by atoms with E-state index in [9.17, 15) is 14.4 Å². The van der Waals surface area contributed by atoms with Crippen LogP contribution in [0, 0.1) is 0 Å². The number of amides is 4. The van der Waals surface area contributed by atoms with Crippen LogP contribution in [0.15, 0.2) is 78.9 Å². The Kier molecular flexibility index (Phi) is 6.58. The highest BCUT2D eigenvalue weighted by Crippen LogP contribution is 2.32. The van der Waals surface area contributed by atoms with Crippen LogP contribution in [-0.4, -0.2) is 48.0 Å². The number of urea groups is 1. The maximum absolute atomic E-state index is 13.7. The molecule has 4 amide bonds. The Bertz CT molecular complexity index is 1220. The molecule has 5 rings (SSSR count). The van der Waals surface area contributed by atoms with E-state index in [2.05, 4.69) is 10.6 Å². The monoisotopic (exact) mass is 485 g/mol. The predicted octanol–water partition coefficient (Wildman–Crippen LogP) is 3.56. The van der Waals surface area contributed by atoms with Crippen molar-refractivity contribution in [3.8, 4) is 11.5 Å². The van der Waals surface area contributed by atoms with E-state index in [0.717, 1.165) is 22.4 Å². The van der Waals surface area contributed by atoms with Gasteiger partial charge in [0.1, 0.15) is 12.1 Å². The van der Waals surface area contributed by atoms with Crippen molar-refractivity contribution in [2.24, 2.45) is 0 Å². The summed E-state index contributed by atoms with van der Waals surface area (Å²) in [5, 5.41) is 5.66. The SMILES string of the molecule is O=C(CN1C(=O)NC(Cc2ccccc2)(Cc2ccccc2)C1=O)Nc1ccc2c(c1)OCCCO2. The molecule has 0 bridgehead atoms. The smallest absolute Gasteiger partial charge is 0.325 e. The van der Waals surface area contributed by atoms with Gasteiger partial charge in [-0.2, -0.15) is 0 Å². The van der Waals surface area contributed by atoms with Gasteiger partial charge < -0.3 is 20.1 Å². The van der Waals surface area contributed by atoms with E-state index in [-0.39, 0.29) is 0 Å². The molecule has 2 aliphatic heterocycles. The summed E-state index contributed by atoms with van der Waals surface area (Å²) in [7, 11) is 0. The number of fused-ring (bicyclic) bond motifs is 1. The predicted molar refractivity (Wildman–Crippen MR) is 134 cm³/mol.